The Morgan fingerprint density at radius 1 is 1.42 bits per heavy atom. The van der Waals surface area contributed by atoms with Crippen LogP contribution in [0.1, 0.15) is 0 Å². The van der Waals surface area contributed by atoms with Crippen molar-refractivity contribution in [2.24, 2.45) is 5.14 Å². The molecule has 0 spiro atoms. The maximum absolute atomic E-state index is 12.6. The molecule has 0 saturated heterocycles. The van der Waals surface area contributed by atoms with Gasteiger partial charge in [0.05, 0.1) is 9.37 Å². The smallest absolute Gasteiger partial charge is 0.225 e. The summed E-state index contributed by atoms with van der Waals surface area (Å²) in [4.78, 5) is -0.115. The van der Waals surface area contributed by atoms with Crippen LogP contribution >= 0.6 is 15.9 Å². The van der Waals surface area contributed by atoms with E-state index in [1.807, 2.05) is 0 Å². The van der Waals surface area contributed by atoms with E-state index in [0.29, 0.717) is 0 Å². The van der Waals surface area contributed by atoms with E-state index in [-0.39, 0.29) is 9.37 Å². The number of rotatable bonds is 1. The highest BCUT2D eigenvalue weighted by Gasteiger charge is 2.09. The summed E-state index contributed by atoms with van der Waals surface area (Å²) in [6.07, 6.45) is 0. The molecular formula is C6H5BrFNO2S. The molecule has 1 aromatic rings. The van der Waals surface area contributed by atoms with Gasteiger partial charge in [-0.05, 0) is 34.1 Å². The average molecular weight is 254 g/mol. The number of primary sulfonamides is 1. The molecule has 0 aliphatic heterocycles. The lowest BCUT2D eigenvalue weighted by Crippen LogP contribution is -2.12. The van der Waals surface area contributed by atoms with Crippen LogP contribution in [0.25, 0.3) is 0 Å². The topological polar surface area (TPSA) is 60.2 Å². The monoisotopic (exact) mass is 253 g/mol. The first-order valence-corrected chi connectivity index (χ1v) is 5.23. The molecule has 1 rings (SSSR count). The summed E-state index contributed by atoms with van der Waals surface area (Å²) in [5.74, 6) is -0.526. The van der Waals surface area contributed by atoms with E-state index >= 15 is 0 Å². The second kappa shape index (κ2) is 3.12. The highest BCUT2D eigenvalue weighted by molar-refractivity contribution is 9.10. The van der Waals surface area contributed by atoms with Gasteiger partial charge in [-0.15, -0.1) is 0 Å². The normalized spacial score (nSPS) is 11.6. The van der Waals surface area contributed by atoms with Crippen LogP contribution in [0.3, 0.4) is 0 Å². The van der Waals surface area contributed by atoms with Gasteiger partial charge in [-0.2, -0.15) is 0 Å². The van der Waals surface area contributed by atoms with Gasteiger partial charge in [0.2, 0.25) is 10.0 Å². The molecule has 2 N–H and O–H groups in total. The lowest BCUT2D eigenvalue weighted by atomic mass is 10.3. The molecular weight excluding hydrogens is 249 g/mol. The van der Waals surface area contributed by atoms with E-state index in [4.69, 9.17) is 5.14 Å². The van der Waals surface area contributed by atoms with E-state index < -0.39 is 15.8 Å². The quantitative estimate of drug-likeness (QED) is 0.819. The Hall–Kier alpha value is -0.460. The highest BCUT2D eigenvalue weighted by atomic mass is 79.9. The van der Waals surface area contributed by atoms with Crippen LogP contribution in [0, 0.1) is 5.82 Å². The van der Waals surface area contributed by atoms with Crippen molar-refractivity contribution in [2.75, 3.05) is 0 Å². The molecule has 66 valence electrons. The van der Waals surface area contributed by atoms with Crippen LogP contribution in [0.4, 0.5) is 4.39 Å². The van der Waals surface area contributed by atoms with Gasteiger partial charge in [0.1, 0.15) is 5.82 Å². The molecule has 0 aliphatic rings. The number of sulfonamides is 1. The lowest BCUT2D eigenvalue weighted by Gasteiger charge is -1.98. The standard InChI is InChI=1S/C6H5BrFNO2S/c7-5-3-4(12(9,10)11)1-2-6(5)8/h1-3H,(H2,9,10,11). The van der Waals surface area contributed by atoms with E-state index in [0.717, 1.165) is 18.2 Å². The predicted molar refractivity (Wildman–Crippen MR) is 45.5 cm³/mol. The lowest BCUT2D eigenvalue weighted by molar-refractivity contribution is 0.595. The first kappa shape index (κ1) is 9.63. The first-order valence-electron chi connectivity index (χ1n) is 2.89. The number of nitrogens with two attached hydrogens (primary N) is 1. The molecule has 6 heteroatoms. The minimum absolute atomic E-state index is 0.0778. The zero-order valence-electron chi connectivity index (χ0n) is 5.79. The Bertz CT molecular complexity index is 404. The fraction of sp³-hybridized carbons (Fsp3) is 0. The second-order valence-electron chi connectivity index (χ2n) is 2.12. The van der Waals surface area contributed by atoms with Crippen LogP contribution in [-0.2, 0) is 10.0 Å². The summed E-state index contributed by atoms with van der Waals surface area (Å²) in [6, 6.07) is 3.25. The Morgan fingerprint density at radius 2 is 2.00 bits per heavy atom. The SMILES string of the molecule is NS(=O)(=O)c1ccc(F)c(Br)c1. The molecule has 0 saturated carbocycles. The maximum atomic E-state index is 12.6. The molecule has 0 aliphatic carbocycles. The third-order valence-electron chi connectivity index (χ3n) is 1.22. The van der Waals surface area contributed by atoms with Crippen molar-refractivity contribution < 1.29 is 12.8 Å². The van der Waals surface area contributed by atoms with Crippen molar-refractivity contribution in [1.82, 2.24) is 0 Å². The molecule has 0 atom stereocenters. The molecule has 0 radical (unpaired) electrons. The van der Waals surface area contributed by atoms with E-state index in [9.17, 15) is 12.8 Å². The Labute approximate surface area is 77.6 Å². The zero-order chi connectivity index (χ0) is 9.35. The number of halogens is 2. The van der Waals surface area contributed by atoms with Gasteiger partial charge in [-0.1, -0.05) is 0 Å². The molecule has 1 aromatic carbocycles. The third-order valence-corrected chi connectivity index (χ3v) is 2.74. The van der Waals surface area contributed by atoms with E-state index in [1.54, 1.807) is 0 Å². The number of hydrogen-bond acceptors (Lipinski definition) is 2. The van der Waals surface area contributed by atoms with Crippen LogP contribution in [0.5, 0.6) is 0 Å². The average Bonchev–Trinajstić information content (AvgIpc) is 1.92. The van der Waals surface area contributed by atoms with Crippen molar-refractivity contribution in [1.29, 1.82) is 0 Å². The predicted octanol–water partition coefficient (Wildman–Crippen LogP) is 1.24. The van der Waals surface area contributed by atoms with Crippen molar-refractivity contribution in [3.8, 4) is 0 Å². The van der Waals surface area contributed by atoms with Crippen LogP contribution < -0.4 is 5.14 Å². The maximum Gasteiger partial charge on any atom is 0.238 e. The van der Waals surface area contributed by atoms with Crippen LogP contribution in [0.2, 0.25) is 0 Å². The highest BCUT2D eigenvalue weighted by Crippen LogP contribution is 2.18. The van der Waals surface area contributed by atoms with Crippen molar-refractivity contribution >= 4 is 26.0 Å². The largest absolute Gasteiger partial charge is 0.238 e. The summed E-state index contributed by atoms with van der Waals surface area (Å²) in [5.41, 5.74) is 0. The molecule has 0 unspecified atom stereocenters. The Morgan fingerprint density at radius 3 is 2.42 bits per heavy atom. The van der Waals surface area contributed by atoms with Gasteiger partial charge in [-0.3, -0.25) is 0 Å². The second-order valence-corrected chi connectivity index (χ2v) is 4.54. The fourth-order valence-corrected chi connectivity index (χ4v) is 1.72. The van der Waals surface area contributed by atoms with Gasteiger partial charge < -0.3 is 0 Å². The van der Waals surface area contributed by atoms with Gasteiger partial charge in [0.15, 0.2) is 0 Å². The molecule has 0 amide bonds. The van der Waals surface area contributed by atoms with Gasteiger partial charge in [-0.25, -0.2) is 17.9 Å². The van der Waals surface area contributed by atoms with Crippen molar-refractivity contribution in [3.05, 3.63) is 28.5 Å². The third kappa shape index (κ3) is 2.02. The molecule has 0 heterocycles. The van der Waals surface area contributed by atoms with Crippen LogP contribution in [-0.4, -0.2) is 8.42 Å². The van der Waals surface area contributed by atoms with Gasteiger partial charge >= 0.3 is 0 Å². The fourth-order valence-electron chi connectivity index (χ4n) is 0.654. The molecule has 0 bridgehead atoms. The summed E-state index contributed by atoms with van der Waals surface area (Å²) in [5, 5.41) is 4.80. The summed E-state index contributed by atoms with van der Waals surface area (Å²) in [7, 11) is -3.74. The van der Waals surface area contributed by atoms with Crippen molar-refractivity contribution in [2.45, 2.75) is 4.90 Å². The summed E-state index contributed by atoms with van der Waals surface area (Å²) < 4.78 is 34.1. The molecule has 0 fully saturated rings. The molecule has 12 heavy (non-hydrogen) atoms. The molecule has 0 aromatic heterocycles. The Balaban J connectivity index is 3.33. The summed E-state index contributed by atoms with van der Waals surface area (Å²) in [6.45, 7) is 0. The minimum atomic E-state index is -3.74. The van der Waals surface area contributed by atoms with E-state index in [1.165, 1.54) is 0 Å². The number of benzene rings is 1. The number of hydrogen-bond donors (Lipinski definition) is 1. The minimum Gasteiger partial charge on any atom is -0.225 e. The van der Waals surface area contributed by atoms with Crippen LogP contribution in [0.15, 0.2) is 27.6 Å². The van der Waals surface area contributed by atoms with E-state index in [2.05, 4.69) is 15.9 Å². The van der Waals surface area contributed by atoms with Crippen molar-refractivity contribution in [3.63, 3.8) is 0 Å². The van der Waals surface area contributed by atoms with Gasteiger partial charge in [0.25, 0.3) is 0 Å². The summed E-state index contributed by atoms with van der Waals surface area (Å²) >= 11 is 2.84. The Kier molecular flexibility index (Phi) is 2.50. The first-order chi connectivity index (χ1) is 5.41. The van der Waals surface area contributed by atoms with Gasteiger partial charge in [0, 0.05) is 0 Å². The molecule has 3 nitrogen and oxygen atoms in total. The zero-order valence-corrected chi connectivity index (χ0v) is 8.19.